The first-order valence-electron chi connectivity index (χ1n) is 2.76. The fraction of sp³-hybridized carbons (Fsp3) is 0.286. The van der Waals surface area contributed by atoms with Crippen LogP contribution in [0.5, 0.6) is 0 Å². The molecule has 0 atom stereocenters. The predicted molar refractivity (Wildman–Crippen MR) is 50.6 cm³/mol. The van der Waals surface area contributed by atoms with Crippen molar-refractivity contribution in [2.24, 2.45) is 0 Å². The monoisotopic (exact) mass is 220 g/mol. The van der Waals surface area contributed by atoms with Gasteiger partial charge < -0.3 is 0 Å². The van der Waals surface area contributed by atoms with E-state index in [1.807, 2.05) is 17.7 Å². The fourth-order valence-electron chi connectivity index (χ4n) is 0.331. The van der Waals surface area contributed by atoms with Crippen molar-refractivity contribution in [2.75, 3.05) is 11.6 Å². The van der Waals surface area contributed by atoms with Gasteiger partial charge in [-0.2, -0.15) is 0 Å². The van der Waals surface area contributed by atoms with Crippen LogP contribution in [0.2, 0.25) is 0 Å². The summed E-state index contributed by atoms with van der Waals surface area (Å²) in [5.41, 5.74) is 0. The second-order valence-electron chi connectivity index (χ2n) is 1.52. The molecule has 1 nitrogen and oxygen atoms in total. The molecule has 0 unspecified atom stereocenters. The Hall–Kier alpha value is -0.0200. The minimum atomic E-state index is 0.0887. The van der Waals surface area contributed by atoms with Crippen LogP contribution in [-0.4, -0.2) is 17.4 Å². The smallest absolute Gasteiger partial charge is 0.166 e. The zero-order chi connectivity index (χ0) is 7.82. The van der Waals surface area contributed by atoms with E-state index in [4.69, 9.17) is 0 Å². The Kier molecular flexibility index (Phi) is 7.08. The molecule has 0 amide bonds. The molecule has 0 heterocycles. The van der Waals surface area contributed by atoms with Gasteiger partial charge >= 0.3 is 0 Å². The molecular formula is C7H9BrOS. The number of thioether (sulfide) groups is 1. The SMILES string of the molecule is CS/C=C\C=C\C(=O)CBr. The van der Waals surface area contributed by atoms with Crippen LogP contribution in [0.4, 0.5) is 0 Å². The summed E-state index contributed by atoms with van der Waals surface area (Å²) >= 11 is 4.66. The Bertz CT molecular complexity index is 152. The van der Waals surface area contributed by atoms with E-state index >= 15 is 0 Å². The van der Waals surface area contributed by atoms with Crippen molar-refractivity contribution in [1.82, 2.24) is 0 Å². The molecule has 0 saturated heterocycles. The van der Waals surface area contributed by atoms with Gasteiger partial charge in [0.15, 0.2) is 5.78 Å². The lowest BCUT2D eigenvalue weighted by Crippen LogP contribution is -1.90. The van der Waals surface area contributed by atoms with E-state index in [1.54, 1.807) is 23.9 Å². The lowest BCUT2D eigenvalue weighted by atomic mass is 10.4. The van der Waals surface area contributed by atoms with Crippen molar-refractivity contribution < 1.29 is 4.79 Å². The van der Waals surface area contributed by atoms with E-state index in [9.17, 15) is 4.79 Å². The minimum absolute atomic E-state index is 0.0887. The van der Waals surface area contributed by atoms with Gasteiger partial charge in [0.25, 0.3) is 0 Å². The quantitative estimate of drug-likeness (QED) is 0.412. The van der Waals surface area contributed by atoms with Gasteiger partial charge in [0.05, 0.1) is 5.33 Å². The molecule has 0 aliphatic rings. The Morgan fingerprint density at radius 3 is 2.80 bits per heavy atom. The summed E-state index contributed by atoms with van der Waals surface area (Å²) in [5, 5.41) is 2.31. The summed E-state index contributed by atoms with van der Waals surface area (Å²) in [4.78, 5) is 10.6. The highest BCUT2D eigenvalue weighted by Gasteiger charge is 1.86. The zero-order valence-electron chi connectivity index (χ0n) is 5.71. The molecule has 0 fully saturated rings. The molecule has 0 radical (unpaired) electrons. The van der Waals surface area contributed by atoms with E-state index in [1.165, 1.54) is 0 Å². The maximum atomic E-state index is 10.6. The summed E-state index contributed by atoms with van der Waals surface area (Å²) < 4.78 is 0. The molecule has 0 aromatic heterocycles. The number of hydrogen-bond acceptors (Lipinski definition) is 2. The summed E-state index contributed by atoms with van der Waals surface area (Å²) in [5.74, 6) is 0.0887. The van der Waals surface area contributed by atoms with Gasteiger partial charge in [0.2, 0.25) is 0 Å². The van der Waals surface area contributed by atoms with Crippen molar-refractivity contribution in [3.63, 3.8) is 0 Å². The van der Waals surface area contributed by atoms with Gasteiger partial charge in [-0.1, -0.05) is 28.1 Å². The van der Waals surface area contributed by atoms with Crippen molar-refractivity contribution in [2.45, 2.75) is 0 Å². The summed E-state index contributed by atoms with van der Waals surface area (Å²) in [6, 6.07) is 0. The number of allylic oxidation sites excluding steroid dienone is 3. The zero-order valence-corrected chi connectivity index (χ0v) is 8.11. The third-order valence-electron chi connectivity index (χ3n) is 0.740. The van der Waals surface area contributed by atoms with Crippen LogP contribution in [0, 0.1) is 0 Å². The Balaban J connectivity index is 3.55. The normalized spacial score (nSPS) is 11.4. The van der Waals surface area contributed by atoms with Crippen molar-refractivity contribution in [3.8, 4) is 0 Å². The Labute approximate surface area is 73.7 Å². The molecule has 0 bridgehead atoms. The molecule has 10 heavy (non-hydrogen) atoms. The highest BCUT2D eigenvalue weighted by atomic mass is 79.9. The second kappa shape index (κ2) is 7.09. The summed E-state index contributed by atoms with van der Waals surface area (Å²) in [6.45, 7) is 0. The number of hydrogen-bond donors (Lipinski definition) is 0. The van der Waals surface area contributed by atoms with Gasteiger partial charge in [-0.15, -0.1) is 11.8 Å². The number of carbonyl (C=O) groups excluding carboxylic acids is 1. The van der Waals surface area contributed by atoms with Crippen LogP contribution in [0.15, 0.2) is 23.6 Å². The van der Waals surface area contributed by atoms with Gasteiger partial charge in [-0.25, -0.2) is 0 Å². The highest BCUT2D eigenvalue weighted by Crippen LogP contribution is 1.93. The number of ketones is 1. The maximum Gasteiger partial charge on any atom is 0.166 e. The van der Waals surface area contributed by atoms with E-state index in [-0.39, 0.29) is 5.78 Å². The molecule has 0 aromatic rings. The number of rotatable bonds is 4. The lowest BCUT2D eigenvalue weighted by Gasteiger charge is -1.79. The maximum absolute atomic E-state index is 10.6. The lowest BCUT2D eigenvalue weighted by molar-refractivity contribution is -0.112. The largest absolute Gasteiger partial charge is 0.294 e. The van der Waals surface area contributed by atoms with Gasteiger partial charge in [0, 0.05) is 0 Å². The third-order valence-corrected chi connectivity index (χ3v) is 1.72. The van der Waals surface area contributed by atoms with Crippen LogP contribution < -0.4 is 0 Å². The standard InChI is InChI=1S/C7H9BrOS/c1-10-5-3-2-4-7(9)6-8/h2-5H,6H2,1H3/b4-2+,5-3-. The first kappa shape index (κ1) is 9.98. The van der Waals surface area contributed by atoms with E-state index in [2.05, 4.69) is 15.9 Å². The van der Waals surface area contributed by atoms with Crippen LogP contribution in [0.3, 0.4) is 0 Å². The van der Waals surface area contributed by atoms with Crippen LogP contribution >= 0.6 is 27.7 Å². The average Bonchev–Trinajstić information content (AvgIpc) is 1.98. The van der Waals surface area contributed by atoms with E-state index in [0.29, 0.717) is 5.33 Å². The summed E-state index contributed by atoms with van der Waals surface area (Å²) in [6.07, 6.45) is 7.09. The molecule has 3 heteroatoms. The molecule has 0 rings (SSSR count). The highest BCUT2D eigenvalue weighted by molar-refractivity contribution is 9.09. The Morgan fingerprint density at radius 1 is 1.60 bits per heavy atom. The van der Waals surface area contributed by atoms with Crippen LogP contribution in [-0.2, 0) is 4.79 Å². The third kappa shape index (κ3) is 6.11. The number of carbonyl (C=O) groups is 1. The molecular weight excluding hydrogens is 212 g/mol. The number of alkyl halides is 1. The van der Waals surface area contributed by atoms with Crippen LogP contribution in [0.1, 0.15) is 0 Å². The number of halogens is 1. The van der Waals surface area contributed by atoms with Crippen molar-refractivity contribution >= 4 is 33.5 Å². The molecule has 0 aliphatic heterocycles. The summed E-state index contributed by atoms with van der Waals surface area (Å²) in [7, 11) is 0. The molecule has 0 aromatic carbocycles. The molecule has 0 spiro atoms. The first-order valence-corrected chi connectivity index (χ1v) is 5.17. The molecule has 0 saturated carbocycles. The predicted octanol–water partition coefficient (Wildman–Crippen LogP) is 2.38. The van der Waals surface area contributed by atoms with Crippen molar-refractivity contribution in [3.05, 3.63) is 23.6 Å². The van der Waals surface area contributed by atoms with Gasteiger partial charge in [-0.05, 0) is 17.7 Å². The fourth-order valence-corrected chi connectivity index (χ4v) is 0.766. The topological polar surface area (TPSA) is 17.1 Å². The van der Waals surface area contributed by atoms with E-state index in [0.717, 1.165) is 0 Å². The first-order chi connectivity index (χ1) is 4.81. The van der Waals surface area contributed by atoms with Gasteiger partial charge in [-0.3, -0.25) is 4.79 Å². The molecule has 0 N–H and O–H groups in total. The van der Waals surface area contributed by atoms with Crippen LogP contribution in [0.25, 0.3) is 0 Å². The van der Waals surface area contributed by atoms with E-state index < -0.39 is 0 Å². The molecule has 0 aliphatic carbocycles. The van der Waals surface area contributed by atoms with Gasteiger partial charge in [0.1, 0.15) is 0 Å². The molecule has 56 valence electrons. The van der Waals surface area contributed by atoms with Crippen molar-refractivity contribution in [1.29, 1.82) is 0 Å². The average molecular weight is 221 g/mol. The second-order valence-corrected chi connectivity index (χ2v) is 2.83. The Morgan fingerprint density at radius 2 is 2.30 bits per heavy atom. The minimum Gasteiger partial charge on any atom is -0.294 e.